The first kappa shape index (κ1) is 15.9. The van der Waals surface area contributed by atoms with Gasteiger partial charge in [0.15, 0.2) is 0 Å². The Morgan fingerprint density at radius 1 is 0.923 bits per heavy atom. The fourth-order valence-electron chi connectivity index (χ4n) is 2.62. The third-order valence-corrected chi connectivity index (χ3v) is 3.90. The van der Waals surface area contributed by atoms with Crippen molar-refractivity contribution in [2.24, 2.45) is 4.99 Å². The number of rotatable bonds is 5. The van der Waals surface area contributed by atoms with Crippen molar-refractivity contribution in [1.29, 1.82) is 0 Å². The summed E-state index contributed by atoms with van der Waals surface area (Å²) in [5, 5.41) is 8.52. The van der Waals surface area contributed by atoms with Crippen LogP contribution in [0.4, 0.5) is 5.69 Å². The molecule has 2 aromatic heterocycles. The van der Waals surface area contributed by atoms with E-state index >= 15 is 0 Å². The standard InChI is InChI=1S/C21H17N5/c1-2-7-17(8-3-1)15-26-16-21(24-25-26)18-9-6-11-19(13-18)23-14-20-10-4-5-12-22-20/h1-14,16H,15H2. The number of pyridine rings is 1. The van der Waals surface area contributed by atoms with E-state index in [1.807, 2.05) is 71.5 Å². The molecule has 0 N–H and O–H groups in total. The summed E-state index contributed by atoms with van der Waals surface area (Å²) in [6.45, 7) is 0.700. The molecule has 4 rings (SSSR count). The topological polar surface area (TPSA) is 56.0 Å². The van der Waals surface area contributed by atoms with E-state index in [0.29, 0.717) is 6.54 Å². The molecule has 5 heteroatoms. The minimum absolute atomic E-state index is 0.700. The molecule has 26 heavy (non-hydrogen) atoms. The number of aliphatic imine (C=N–C) groups is 1. The predicted molar refractivity (Wildman–Crippen MR) is 102 cm³/mol. The summed E-state index contributed by atoms with van der Waals surface area (Å²) in [4.78, 5) is 8.74. The van der Waals surface area contributed by atoms with Crippen LogP contribution in [0.3, 0.4) is 0 Å². The quantitative estimate of drug-likeness (QED) is 0.514. The molecular weight excluding hydrogens is 322 g/mol. The van der Waals surface area contributed by atoms with Gasteiger partial charge in [-0.3, -0.25) is 9.98 Å². The second-order valence-electron chi connectivity index (χ2n) is 5.85. The monoisotopic (exact) mass is 339 g/mol. The van der Waals surface area contributed by atoms with Crippen molar-refractivity contribution >= 4 is 11.9 Å². The maximum Gasteiger partial charge on any atom is 0.113 e. The van der Waals surface area contributed by atoms with Gasteiger partial charge >= 0.3 is 0 Å². The van der Waals surface area contributed by atoms with Crippen LogP contribution in [-0.2, 0) is 6.54 Å². The molecule has 0 atom stereocenters. The van der Waals surface area contributed by atoms with E-state index in [0.717, 1.165) is 22.6 Å². The lowest BCUT2D eigenvalue weighted by molar-refractivity contribution is 0.650. The highest BCUT2D eigenvalue weighted by Crippen LogP contribution is 2.22. The third kappa shape index (κ3) is 3.89. The Balaban J connectivity index is 1.52. The van der Waals surface area contributed by atoms with Crippen LogP contribution in [0.2, 0.25) is 0 Å². The van der Waals surface area contributed by atoms with Gasteiger partial charge in [0.2, 0.25) is 0 Å². The zero-order valence-electron chi connectivity index (χ0n) is 14.1. The Labute approximate surface area is 151 Å². The van der Waals surface area contributed by atoms with Crippen LogP contribution in [0.5, 0.6) is 0 Å². The minimum atomic E-state index is 0.700. The summed E-state index contributed by atoms with van der Waals surface area (Å²) >= 11 is 0. The largest absolute Gasteiger partial charge is 0.255 e. The lowest BCUT2D eigenvalue weighted by Gasteiger charge is -2.00. The molecule has 0 radical (unpaired) electrons. The average Bonchev–Trinajstić information content (AvgIpc) is 3.17. The number of hydrogen-bond donors (Lipinski definition) is 0. The molecule has 4 aromatic rings. The highest BCUT2D eigenvalue weighted by atomic mass is 15.4. The first-order valence-electron chi connectivity index (χ1n) is 8.36. The Hall–Kier alpha value is -3.60. The molecule has 0 spiro atoms. The molecule has 5 nitrogen and oxygen atoms in total. The summed E-state index contributed by atoms with van der Waals surface area (Å²) in [7, 11) is 0. The summed E-state index contributed by atoms with van der Waals surface area (Å²) in [6, 6.07) is 23.9. The SMILES string of the molecule is C(=Nc1cccc(-c2cn(Cc3ccccc3)nn2)c1)c1ccccn1. The highest BCUT2D eigenvalue weighted by molar-refractivity contribution is 5.80. The first-order chi connectivity index (χ1) is 12.9. The number of hydrogen-bond acceptors (Lipinski definition) is 4. The average molecular weight is 339 g/mol. The van der Waals surface area contributed by atoms with Crippen LogP contribution >= 0.6 is 0 Å². The number of aromatic nitrogens is 4. The van der Waals surface area contributed by atoms with Crippen LogP contribution in [0, 0.1) is 0 Å². The molecular formula is C21H17N5. The van der Waals surface area contributed by atoms with Gasteiger partial charge < -0.3 is 0 Å². The predicted octanol–water partition coefficient (Wildman–Crippen LogP) is 4.14. The maximum atomic E-state index is 4.49. The minimum Gasteiger partial charge on any atom is -0.255 e. The van der Waals surface area contributed by atoms with Crippen LogP contribution in [0.15, 0.2) is 90.2 Å². The normalized spacial score (nSPS) is 11.1. The second kappa shape index (κ2) is 7.53. The number of benzene rings is 2. The molecule has 0 saturated heterocycles. The van der Waals surface area contributed by atoms with Gasteiger partial charge in [-0.1, -0.05) is 53.7 Å². The van der Waals surface area contributed by atoms with E-state index in [-0.39, 0.29) is 0 Å². The van der Waals surface area contributed by atoms with Crippen LogP contribution in [-0.4, -0.2) is 26.2 Å². The van der Waals surface area contributed by atoms with Crippen molar-refractivity contribution in [2.75, 3.05) is 0 Å². The summed E-state index contributed by atoms with van der Waals surface area (Å²) in [5.41, 5.74) is 4.69. The van der Waals surface area contributed by atoms with E-state index in [4.69, 9.17) is 0 Å². The fraction of sp³-hybridized carbons (Fsp3) is 0.0476. The van der Waals surface area contributed by atoms with Gasteiger partial charge in [0.1, 0.15) is 5.69 Å². The van der Waals surface area contributed by atoms with Crippen LogP contribution in [0.1, 0.15) is 11.3 Å². The second-order valence-corrected chi connectivity index (χ2v) is 5.85. The molecule has 2 aromatic carbocycles. The molecule has 2 heterocycles. The van der Waals surface area contributed by atoms with Gasteiger partial charge in [0.05, 0.1) is 30.3 Å². The van der Waals surface area contributed by atoms with E-state index in [1.165, 1.54) is 5.56 Å². The molecule has 0 aliphatic rings. The van der Waals surface area contributed by atoms with Crippen LogP contribution < -0.4 is 0 Å². The van der Waals surface area contributed by atoms with E-state index in [2.05, 4.69) is 32.4 Å². The summed E-state index contributed by atoms with van der Waals surface area (Å²) in [6.07, 6.45) is 5.46. The highest BCUT2D eigenvalue weighted by Gasteiger charge is 2.05. The van der Waals surface area contributed by atoms with Crippen molar-refractivity contribution in [2.45, 2.75) is 6.54 Å². The van der Waals surface area contributed by atoms with Gasteiger partial charge in [-0.25, -0.2) is 4.68 Å². The molecule has 0 bridgehead atoms. The lowest BCUT2D eigenvalue weighted by Crippen LogP contribution is -1.99. The molecule has 126 valence electrons. The lowest BCUT2D eigenvalue weighted by atomic mass is 10.1. The van der Waals surface area contributed by atoms with E-state index < -0.39 is 0 Å². The van der Waals surface area contributed by atoms with Crippen molar-refractivity contribution in [3.8, 4) is 11.3 Å². The molecule has 0 aliphatic carbocycles. The van der Waals surface area contributed by atoms with Gasteiger partial charge in [-0.05, 0) is 29.8 Å². The Morgan fingerprint density at radius 3 is 2.65 bits per heavy atom. The van der Waals surface area contributed by atoms with Crippen molar-refractivity contribution in [3.63, 3.8) is 0 Å². The van der Waals surface area contributed by atoms with E-state index in [9.17, 15) is 0 Å². The smallest absolute Gasteiger partial charge is 0.113 e. The van der Waals surface area contributed by atoms with Crippen LogP contribution in [0.25, 0.3) is 11.3 Å². The molecule has 0 saturated carbocycles. The van der Waals surface area contributed by atoms with Gasteiger partial charge in [-0.2, -0.15) is 0 Å². The number of nitrogens with zero attached hydrogens (tertiary/aromatic N) is 5. The van der Waals surface area contributed by atoms with Gasteiger partial charge in [0, 0.05) is 11.8 Å². The maximum absolute atomic E-state index is 4.49. The Morgan fingerprint density at radius 2 is 1.81 bits per heavy atom. The molecule has 0 amide bonds. The molecule has 0 fully saturated rings. The Kier molecular flexibility index (Phi) is 4.60. The summed E-state index contributed by atoms with van der Waals surface area (Å²) in [5.74, 6) is 0. The first-order valence-corrected chi connectivity index (χ1v) is 8.36. The molecule has 0 aliphatic heterocycles. The van der Waals surface area contributed by atoms with Gasteiger partial charge in [0.25, 0.3) is 0 Å². The van der Waals surface area contributed by atoms with Crippen molar-refractivity contribution < 1.29 is 0 Å². The summed E-state index contributed by atoms with van der Waals surface area (Å²) < 4.78 is 1.84. The molecule has 0 unspecified atom stereocenters. The third-order valence-electron chi connectivity index (χ3n) is 3.90. The Bertz CT molecular complexity index is 1010. The van der Waals surface area contributed by atoms with Crippen molar-refractivity contribution in [1.82, 2.24) is 20.0 Å². The van der Waals surface area contributed by atoms with Gasteiger partial charge in [-0.15, -0.1) is 5.10 Å². The van der Waals surface area contributed by atoms with E-state index in [1.54, 1.807) is 12.4 Å². The fourth-order valence-corrected chi connectivity index (χ4v) is 2.62. The zero-order chi connectivity index (χ0) is 17.6. The van der Waals surface area contributed by atoms with Crippen molar-refractivity contribution in [3.05, 3.63) is 96.4 Å². The zero-order valence-corrected chi connectivity index (χ0v) is 14.1.